The summed E-state index contributed by atoms with van der Waals surface area (Å²) in [5, 5.41) is 2.08. The smallest absolute Gasteiger partial charge is 0.744 e. The van der Waals surface area contributed by atoms with Crippen LogP contribution in [0.25, 0.3) is 10.8 Å². The maximum atomic E-state index is 12.0. The molecule has 0 aliphatic heterocycles. The third-order valence-corrected chi connectivity index (χ3v) is 8.85. The maximum Gasteiger partial charge on any atom is 1.00 e. The fraction of sp³-hybridized carbons (Fsp3) is 0.706. The van der Waals surface area contributed by atoms with Crippen LogP contribution >= 0.6 is 0 Å². The van der Waals surface area contributed by atoms with Gasteiger partial charge in [-0.1, -0.05) is 148 Å². The summed E-state index contributed by atoms with van der Waals surface area (Å²) in [5.41, 5.74) is 2.19. The fourth-order valence-electron chi connectivity index (χ4n) is 5.67. The second-order valence-corrected chi connectivity index (χ2v) is 12.8. The fourth-order valence-corrected chi connectivity index (χ4v) is 6.22. The molecule has 0 saturated carbocycles. The van der Waals surface area contributed by atoms with Gasteiger partial charge in [0.2, 0.25) is 0 Å². The molecule has 0 saturated heterocycles. The summed E-state index contributed by atoms with van der Waals surface area (Å²) in [7, 11) is -4.48. The van der Waals surface area contributed by atoms with Gasteiger partial charge in [-0.05, 0) is 59.7 Å². The first kappa shape index (κ1) is 36.6. The Labute approximate surface area is 263 Å². The molecule has 0 aliphatic carbocycles. The van der Waals surface area contributed by atoms with Gasteiger partial charge in [-0.15, -0.1) is 0 Å². The molecule has 0 amide bonds. The Bertz CT molecular complexity index is 1000. The average Bonchev–Trinajstić information content (AvgIpc) is 2.90. The molecular formula is C34H55NaO3S. The van der Waals surface area contributed by atoms with E-state index in [0.717, 1.165) is 48.4 Å². The van der Waals surface area contributed by atoms with Crippen molar-refractivity contribution in [3.05, 3.63) is 41.5 Å². The van der Waals surface area contributed by atoms with Crippen molar-refractivity contribution in [3.8, 4) is 0 Å². The Kier molecular flexibility index (Phi) is 20.9. The second-order valence-electron chi connectivity index (χ2n) is 11.4. The summed E-state index contributed by atoms with van der Waals surface area (Å²) in [6.07, 6.45) is 27.5. The zero-order valence-corrected chi connectivity index (χ0v) is 28.4. The molecule has 39 heavy (non-hydrogen) atoms. The molecule has 0 fully saturated rings. The first-order valence-corrected chi connectivity index (χ1v) is 17.4. The van der Waals surface area contributed by atoms with Crippen molar-refractivity contribution in [1.29, 1.82) is 0 Å². The van der Waals surface area contributed by atoms with Crippen molar-refractivity contribution in [1.82, 2.24) is 0 Å². The van der Waals surface area contributed by atoms with Gasteiger partial charge in [-0.25, -0.2) is 8.42 Å². The van der Waals surface area contributed by atoms with E-state index in [9.17, 15) is 13.0 Å². The Balaban J connectivity index is 0.00000760. The summed E-state index contributed by atoms with van der Waals surface area (Å²) in [6, 6.07) is 9.58. The SMILES string of the molecule is CCCCCCCCCCCCc1cc(S(=O)(=O)[O-])cc2c(CCCCCCCCCCCC)cccc12.[Na+]. The Morgan fingerprint density at radius 2 is 0.949 bits per heavy atom. The zero-order chi connectivity index (χ0) is 27.5. The van der Waals surface area contributed by atoms with Gasteiger partial charge < -0.3 is 4.55 Å². The van der Waals surface area contributed by atoms with Crippen LogP contribution in [0, 0.1) is 0 Å². The minimum Gasteiger partial charge on any atom is -0.744 e. The van der Waals surface area contributed by atoms with Crippen LogP contribution in [0.15, 0.2) is 35.2 Å². The van der Waals surface area contributed by atoms with Crippen LogP contribution in [-0.2, 0) is 23.0 Å². The number of hydrogen-bond acceptors (Lipinski definition) is 3. The third kappa shape index (κ3) is 15.4. The van der Waals surface area contributed by atoms with Crippen molar-refractivity contribution < 1.29 is 42.5 Å². The number of fused-ring (bicyclic) bond motifs is 1. The molecule has 0 bridgehead atoms. The molecule has 0 spiro atoms. The predicted molar refractivity (Wildman–Crippen MR) is 163 cm³/mol. The summed E-state index contributed by atoms with van der Waals surface area (Å²) in [6.45, 7) is 4.51. The van der Waals surface area contributed by atoms with E-state index >= 15 is 0 Å². The van der Waals surface area contributed by atoms with Crippen LogP contribution in [0.3, 0.4) is 0 Å². The average molecular weight is 567 g/mol. The van der Waals surface area contributed by atoms with E-state index in [4.69, 9.17) is 0 Å². The number of unbranched alkanes of at least 4 members (excludes halogenated alkanes) is 18. The van der Waals surface area contributed by atoms with Gasteiger partial charge in [0.05, 0.1) is 4.90 Å². The monoisotopic (exact) mass is 566 g/mol. The standard InChI is InChI=1S/C34H56O3S.Na/c1-3-5-7-9-11-13-15-17-19-21-24-30-26-23-27-33-31(28-32(29-34(30)33)38(35,36)37)25-22-20-18-16-14-12-10-8-6-4-2;/h23,26-29H,3-22,24-25H2,1-2H3,(H,35,36,37);/q;+1/p-1. The van der Waals surface area contributed by atoms with Crippen LogP contribution in [0.2, 0.25) is 0 Å². The van der Waals surface area contributed by atoms with Crippen molar-refractivity contribution >= 4 is 20.9 Å². The van der Waals surface area contributed by atoms with Gasteiger partial charge in [0.25, 0.3) is 0 Å². The van der Waals surface area contributed by atoms with Crippen LogP contribution in [0.1, 0.15) is 153 Å². The topological polar surface area (TPSA) is 57.2 Å². The van der Waals surface area contributed by atoms with Gasteiger partial charge in [0, 0.05) is 0 Å². The Hall–Kier alpha value is -0.390. The van der Waals surface area contributed by atoms with E-state index in [2.05, 4.69) is 32.0 Å². The van der Waals surface area contributed by atoms with E-state index < -0.39 is 10.1 Å². The number of hydrogen-bond donors (Lipinski definition) is 0. The van der Waals surface area contributed by atoms with Gasteiger partial charge in [-0.2, -0.15) is 0 Å². The van der Waals surface area contributed by atoms with E-state index in [1.807, 2.05) is 0 Å². The van der Waals surface area contributed by atoms with Crippen molar-refractivity contribution in [3.63, 3.8) is 0 Å². The zero-order valence-electron chi connectivity index (χ0n) is 25.6. The molecule has 0 aliphatic rings. The first-order chi connectivity index (χ1) is 18.5. The largest absolute Gasteiger partial charge is 1.00 e. The predicted octanol–water partition coefficient (Wildman–Crippen LogP) is 7.67. The van der Waals surface area contributed by atoms with Crippen LogP contribution < -0.4 is 29.6 Å². The van der Waals surface area contributed by atoms with Gasteiger partial charge in [-0.3, -0.25) is 0 Å². The molecule has 0 radical (unpaired) electrons. The molecule has 216 valence electrons. The van der Waals surface area contributed by atoms with E-state index in [1.54, 1.807) is 12.1 Å². The van der Waals surface area contributed by atoms with Crippen LogP contribution in [0.5, 0.6) is 0 Å². The summed E-state index contributed by atoms with van der Waals surface area (Å²) in [4.78, 5) is -0.0670. The third-order valence-electron chi connectivity index (χ3n) is 8.03. The number of aryl methyl sites for hydroxylation is 2. The number of rotatable bonds is 23. The molecule has 0 unspecified atom stereocenters. The first-order valence-electron chi connectivity index (χ1n) is 16.0. The second kappa shape index (κ2) is 22.2. The summed E-state index contributed by atoms with van der Waals surface area (Å²) >= 11 is 0. The summed E-state index contributed by atoms with van der Waals surface area (Å²) in [5.74, 6) is 0. The van der Waals surface area contributed by atoms with Gasteiger partial charge >= 0.3 is 29.6 Å². The van der Waals surface area contributed by atoms with Crippen LogP contribution in [0.4, 0.5) is 0 Å². The van der Waals surface area contributed by atoms with Gasteiger partial charge in [0.15, 0.2) is 0 Å². The quantitative estimate of drug-likeness (QED) is 0.0788. The molecule has 0 heterocycles. The molecule has 5 heteroatoms. The molecule has 3 nitrogen and oxygen atoms in total. The molecular weight excluding hydrogens is 511 g/mol. The van der Waals surface area contributed by atoms with Crippen LogP contribution in [-0.4, -0.2) is 13.0 Å². The molecule has 2 aromatic carbocycles. The summed E-state index contributed by atoms with van der Waals surface area (Å²) < 4.78 is 35.9. The van der Waals surface area contributed by atoms with Crippen molar-refractivity contribution in [2.75, 3.05) is 0 Å². The van der Waals surface area contributed by atoms with Crippen molar-refractivity contribution in [2.24, 2.45) is 0 Å². The molecule has 2 rings (SSSR count). The maximum absolute atomic E-state index is 12.0. The molecule has 0 atom stereocenters. The van der Waals surface area contributed by atoms with E-state index in [-0.39, 0.29) is 34.5 Å². The van der Waals surface area contributed by atoms with Crippen molar-refractivity contribution in [2.45, 2.75) is 160 Å². The minimum atomic E-state index is -4.48. The molecule has 2 aromatic rings. The molecule has 0 aromatic heterocycles. The molecule has 0 N–H and O–H groups in total. The Morgan fingerprint density at radius 3 is 1.38 bits per heavy atom. The van der Waals surface area contributed by atoms with E-state index in [1.165, 1.54) is 115 Å². The Morgan fingerprint density at radius 1 is 0.538 bits per heavy atom. The van der Waals surface area contributed by atoms with Gasteiger partial charge in [0.1, 0.15) is 10.1 Å². The minimum absolute atomic E-state index is 0. The number of benzene rings is 2. The normalized spacial score (nSPS) is 11.7. The van der Waals surface area contributed by atoms with E-state index in [0.29, 0.717) is 0 Å².